The van der Waals surface area contributed by atoms with Gasteiger partial charge in [0, 0.05) is 31.3 Å². The molecule has 0 spiro atoms. The van der Waals surface area contributed by atoms with Gasteiger partial charge in [-0.25, -0.2) is 24.7 Å². The summed E-state index contributed by atoms with van der Waals surface area (Å²) >= 11 is 0. The van der Waals surface area contributed by atoms with Gasteiger partial charge in [0.2, 0.25) is 5.82 Å². The van der Waals surface area contributed by atoms with E-state index in [4.69, 9.17) is 4.74 Å². The van der Waals surface area contributed by atoms with Crippen LogP contribution >= 0.6 is 0 Å². The number of rotatable bonds is 4. The number of alkyl halides is 3. The third-order valence-electron chi connectivity index (χ3n) is 5.87. The Morgan fingerprint density at radius 3 is 2.59 bits per heavy atom. The molecule has 5 heterocycles. The largest absolute Gasteiger partial charge is 0.451 e. The van der Waals surface area contributed by atoms with E-state index in [1.807, 2.05) is 6.92 Å². The van der Waals surface area contributed by atoms with Crippen LogP contribution in [-0.4, -0.2) is 63.2 Å². The lowest BCUT2D eigenvalue weighted by Crippen LogP contribution is -2.54. The number of aromatic nitrogens is 4. The molecule has 0 aromatic carbocycles. The summed E-state index contributed by atoms with van der Waals surface area (Å²) in [6.07, 6.45) is -2.56. The Morgan fingerprint density at radius 2 is 1.94 bits per heavy atom. The first-order valence-electron chi connectivity index (χ1n) is 10.6. The molecule has 5 rings (SSSR count). The summed E-state index contributed by atoms with van der Waals surface area (Å²) in [5.41, 5.74) is 1.82. The summed E-state index contributed by atoms with van der Waals surface area (Å²) in [5.74, 6) is 0.650. The van der Waals surface area contributed by atoms with E-state index >= 15 is 0 Å². The van der Waals surface area contributed by atoms with Crippen molar-refractivity contribution in [2.24, 2.45) is 0 Å². The molecule has 3 aliphatic heterocycles. The molecule has 0 atom stereocenters. The van der Waals surface area contributed by atoms with Crippen molar-refractivity contribution >= 4 is 17.7 Å². The van der Waals surface area contributed by atoms with Crippen LogP contribution in [-0.2, 0) is 30.4 Å². The molecule has 0 unspecified atom stereocenters. The van der Waals surface area contributed by atoms with Gasteiger partial charge < -0.3 is 14.5 Å². The summed E-state index contributed by atoms with van der Waals surface area (Å²) in [7, 11) is 0. The Balaban J connectivity index is 1.20. The molecule has 2 aromatic heterocycles. The third kappa shape index (κ3) is 3.78. The fourth-order valence-electron chi connectivity index (χ4n) is 3.94. The molecule has 1 amide bonds. The van der Waals surface area contributed by atoms with Gasteiger partial charge in [0.1, 0.15) is 23.6 Å². The maximum Gasteiger partial charge on any atom is 0.451 e. The van der Waals surface area contributed by atoms with Crippen LogP contribution in [0, 0.1) is 0 Å². The standard InChI is InChI=1S/C20H22F3N7O2/c1-2-15-25-14-11-30(10-13(14)17(26-15)28-6-3-7-28)19(31)32-12-8-29(9-12)16-4-5-24-18(27-16)20(21,22)23/h4-5,12H,2-3,6-11H2,1H3. The number of carbonyl (C=O) groups is 1. The Hall–Kier alpha value is -3.18. The Bertz CT molecular complexity index is 1040. The number of halogens is 3. The molecule has 9 nitrogen and oxygen atoms in total. The van der Waals surface area contributed by atoms with E-state index in [0.717, 1.165) is 55.0 Å². The molecule has 0 bridgehead atoms. The second-order valence-electron chi connectivity index (χ2n) is 8.09. The lowest BCUT2D eigenvalue weighted by molar-refractivity contribution is -0.144. The van der Waals surface area contributed by atoms with Crippen LogP contribution in [0.1, 0.15) is 36.3 Å². The normalized spacial score (nSPS) is 18.3. The van der Waals surface area contributed by atoms with Gasteiger partial charge in [0.05, 0.1) is 31.9 Å². The van der Waals surface area contributed by atoms with Crippen LogP contribution in [0.5, 0.6) is 0 Å². The van der Waals surface area contributed by atoms with Crippen LogP contribution in [0.25, 0.3) is 0 Å². The van der Waals surface area contributed by atoms with Crippen LogP contribution in [0.2, 0.25) is 0 Å². The zero-order valence-electron chi connectivity index (χ0n) is 17.5. The van der Waals surface area contributed by atoms with Gasteiger partial charge in [0.15, 0.2) is 0 Å². The van der Waals surface area contributed by atoms with Crippen LogP contribution < -0.4 is 9.80 Å². The first kappa shape index (κ1) is 20.7. The van der Waals surface area contributed by atoms with E-state index in [0.29, 0.717) is 13.1 Å². The number of ether oxygens (including phenoxy) is 1. The van der Waals surface area contributed by atoms with Gasteiger partial charge in [-0.05, 0) is 12.5 Å². The monoisotopic (exact) mass is 449 g/mol. The summed E-state index contributed by atoms with van der Waals surface area (Å²) in [6.45, 7) is 5.21. The Morgan fingerprint density at radius 1 is 1.16 bits per heavy atom. The zero-order valence-corrected chi connectivity index (χ0v) is 17.5. The third-order valence-corrected chi connectivity index (χ3v) is 5.87. The highest BCUT2D eigenvalue weighted by molar-refractivity contribution is 5.70. The summed E-state index contributed by atoms with van der Waals surface area (Å²) in [5, 5.41) is 0. The molecular weight excluding hydrogens is 427 g/mol. The van der Waals surface area contributed by atoms with Crippen molar-refractivity contribution in [3.63, 3.8) is 0 Å². The minimum absolute atomic E-state index is 0.162. The number of anilines is 2. The average Bonchev–Trinajstić information content (AvgIpc) is 3.13. The number of aryl methyl sites for hydroxylation is 1. The predicted octanol–water partition coefficient (Wildman–Crippen LogP) is 2.40. The van der Waals surface area contributed by atoms with Gasteiger partial charge in [-0.15, -0.1) is 0 Å². The van der Waals surface area contributed by atoms with Crippen molar-refractivity contribution in [2.75, 3.05) is 36.0 Å². The van der Waals surface area contributed by atoms with Crippen LogP contribution in [0.3, 0.4) is 0 Å². The maximum atomic E-state index is 12.8. The number of hydrogen-bond donors (Lipinski definition) is 0. The van der Waals surface area contributed by atoms with E-state index in [9.17, 15) is 18.0 Å². The van der Waals surface area contributed by atoms with E-state index in [-0.39, 0.29) is 18.9 Å². The highest BCUT2D eigenvalue weighted by atomic mass is 19.4. The molecule has 12 heteroatoms. The minimum atomic E-state index is -4.60. The molecule has 32 heavy (non-hydrogen) atoms. The molecule has 170 valence electrons. The van der Waals surface area contributed by atoms with E-state index in [2.05, 4.69) is 24.8 Å². The first-order valence-corrected chi connectivity index (χ1v) is 10.6. The van der Waals surface area contributed by atoms with Crippen molar-refractivity contribution in [3.05, 3.63) is 35.2 Å². The minimum Gasteiger partial charge on any atom is -0.442 e. The molecule has 0 saturated carbocycles. The zero-order chi connectivity index (χ0) is 22.5. The second kappa shape index (κ2) is 7.75. The quantitative estimate of drug-likeness (QED) is 0.703. The highest BCUT2D eigenvalue weighted by Gasteiger charge is 2.38. The molecule has 0 radical (unpaired) electrons. The van der Waals surface area contributed by atoms with E-state index < -0.39 is 24.2 Å². The Labute approximate surface area is 182 Å². The highest BCUT2D eigenvalue weighted by Crippen LogP contribution is 2.33. The van der Waals surface area contributed by atoms with Gasteiger partial charge in [-0.1, -0.05) is 6.92 Å². The lowest BCUT2D eigenvalue weighted by atomic mass is 10.1. The lowest BCUT2D eigenvalue weighted by Gasteiger charge is -2.39. The number of amides is 1. The summed E-state index contributed by atoms with van der Waals surface area (Å²) in [6, 6.07) is 1.41. The van der Waals surface area contributed by atoms with Crippen molar-refractivity contribution in [1.29, 1.82) is 0 Å². The number of hydrogen-bond acceptors (Lipinski definition) is 8. The van der Waals surface area contributed by atoms with Crippen molar-refractivity contribution in [2.45, 2.75) is 45.1 Å². The molecule has 0 aliphatic carbocycles. The molecule has 2 fully saturated rings. The Kier molecular flexibility index (Phi) is 5.01. The fourth-order valence-corrected chi connectivity index (χ4v) is 3.94. The van der Waals surface area contributed by atoms with Crippen LogP contribution in [0.4, 0.5) is 29.6 Å². The number of carbonyl (C=O) groups excluding carboxylic acids is 1. The summed E-state index contributed by atoms with van der Waals surface area (Å²) in [4.78, 5) is 34.2. The van der Waals surface area contributed by atoms with E-state index in [1.54, 1.807) is 9.80 Å². The second-order valence-corrected chi connectivity index (χ2v) is 8.09. The smallest absolute Gasteiger partial charge is 0.442 e. The SMILES string of the molecule is CCc1nc2c(c(N3CCC3)n1)CN(C(=O)OC1CN(c3ccnc(C(F)(F)F)n3)C1)C2. The number of fused-ring (bicyclic) bond motifs is 1. The topological polar surface area (TPSA) is 87.6 Å². The van der Waals surface area contributed by atoms with Crippen LogP contribution in [0.15, 0.2) is 12.3 Å². The van der Waals surface area contributed by atoms with Gasteiger partial charge in [0.25, 0.3) is 0 Å². The number of nitrogens with zero attached hydrogens (tertiary/aromatic N) is 7. The van der Waals surface area contributed by atoms with Gasteiger partial charge in [-0.2, -0.15) is 13.2 Å². The van der Waals surface area contributed by atoms with Crippen molar-refractivity contribution in [3.8, 4) is 0 Å². The predicted molar refractivity (Wildman–Crippen MR) is 107 cm³/mol. The van der Waals surface area contributed by atoms with Crippen molar-refractivity contribution < 1.29 is 22.7 Å². The maximum absolute atomic E-state index is 12.8. The average molecular weight is 449 g/mol. The molecule has 0 N–H and O–H groups in total. The van der Waals surface area contributed by atoms with Gasteiger partial charge in [-0.3, -0.25) is 4.90 Å². The van der Waals surface area contributed by atoms with E-state index in [1.165, 1.54) is 6.07 Å². The summed E-state index contributed by atoms with van der Waals surface area (Å²) < 4.78 is 44.0. The fraction of sp³-hybridized carbons (Fsp3) is 0.550. The van der Waals surface area contributed by atoms with Gasteiger partial charge >= 0.3 is 12.3 Å². The molecule has 3 aliphatic rings. The molecular formula is C20H22F3N7O2. The molecule has 2 saturated heterocycles. The van der Waals surface area contributed by atoms with Crippen molar-refractivity contribution in [1.82, 2.24) is 24.8 Å². The first-order chi connectivity index (χ1) is 15.3. The molecule has 2 aromatic rings.